The van der Waals surface area contributed by atoms with Gasteiger partial charge in [-0.05, 0) is 6.07 Å². The van der Waals surface area contributed by atoms with Crippen LogP contribution in [0.15, 0.2) is 12.1 Å². The maximum atomic E-state index is 13.3. The van der Waals surface area contributed by atoms with Crippen LogP contribution >= 0.6 is 0 Å². The van der Waals surface area contributed by atoms with Gasteiger partial charge in [-0.1, -0.05) is 0 Å². The third kappa shape index (κ3) is 2.08. The summed E-state index contributed by atoms with van der Waals surface area (Å²) >= 11 is 0. The van der Waals surface area contributed by atoms with Gasteiger partial charge in [-0.2, -0.15) is 4.39 Å². The van der Waals surface area contributed by atoms with Crippen LogP contribution in [-0.4, -0.2) is 16.6 Å². The molecule has 0 aromatic heterocycles. The molecule has 0 radical (unpaired) electrons. The molecule has 0 saturated heterocycles. The molecule has 1 rings (SSSR count). The number of nitro benzene ring substituents is 1. The lowest BCUT2D eigenvalue weighted by Gasteiger charge is -2.10. The summed E-state index contributed by atoms with van der Waals surface area (Å²) in [6.45, 7) is -0.699. The van der Waals surface area contributed by atoms with E-state index in [4.69, 9.17) is 10.8 Å². The molecule has 0 aliphatic carbocycles. The standard InChI is InChI=1S/C8H8F2N2O3/c9-4-1-2-6(12(14)15)8(10)7(4)5(11)3-13/h1-2,5,13H,3,11H2. The van der Waals surface area contributed by atoms with E-state index < -0.39 is 40.5 Å². The Morgan fingerprint density at radius 2 is 2.13 bits per heavy atom. The van der Waals surface area contributed by atoms with Crippen LogP contribution < -0.4 is 5.73 Å². The van der Waals surface area contributed by atoms with Gasteiger partial charge >= 0.3 is 5.69 Å². The Morgan fingerprint density at radius 1 is 1.53 bits per heavy atom. The van der Waals surface area contributed by atoms with Gasteiger partial charge in [-0.3, -0.25) is 10.1 Å². The van der Waals surface area contributed by atoms with E-state index in [0.717, 1.165) is 6.07 Å². The number of halogens is 2. The molecule has 1 aromatic carbocycles. The summed E-state index contributed by atoms with van der Waals surface area (Å²) in [7, 11) is 0. The van der Waals surface area contributed by atoms with Crippen molar-refractivity contribution in [1.82, 2.24) is 0 Å². The Bertz CT molecular complexity index is 398. The van der Waals surface area contributed by atoms with Crippen LogP contribution in [0.1, 0.15) is 11.6 Å². The number of rotatable bonds is 3. The molecule has 82 valence electrons. The second-order valence-corrected chi connectivity index (χ2v) is 2.84. The molecular formula is C8H8F2N2O3. The molecular weight excluding hydrogens is 210 g/mol. The van der Waals surface area contributed by atoms with E-state index in [1.807, 2.05) is 0 Å². The third-order valence-corrected chi connectivity index (χ3v) is 1.87. The van der Waals surface area contributed by atoms with E-state index in [9.17, 15) is 18.9 Å². The van der Waals surface area contributed by atoms with E-state index in [0.29, 0.717) is 6.07 Å². The van der Waals surface area contributed by atoms with Gasteiger partial charge in [0.05, 0.1) is 17.6 Å². The van der Waals surface area contributed by atoms with E-state index in [-0.39, 0.29) is 0 Å². The summed E-state index contributed by atoms with van der Waals surface area (Å²) in [5.74, 6) is -2.36. The Hall–Kier alpha value is -1.60. The van der Waals surface area contributed by atoms with Crippen molar-refractivity contribution in [3.63, 3.8) is 0 Å². The van der Waals surface area contributed by atoms with Gasteiger partial charge < -0.3 is 10.8 Å². The molecule has 1 aromatic rings. The quantitative estimate of drug-likeness (QED) is 0.581. The van der Waals surface area contributed by atoms with E-state index in [1.54, 1.807) is 0 Å². The smallest absolute Gasteiger partial charge is 0.305 e. The first-order chi connectivity index (χ1) is 6.99. The van der Waals surface area contributed by atoms with Crippen molar-refractivity contribution in [1.29, 1.82) is 0 Å². The molecule has 15 heavy (non-hydrogen) atoms. The topological polar surface area (TPSA) is 89.4 Å². The van der Waals surface area contributed by atoms with Gasteiger partial charge in [0.25, 0.3) is 0 Å². The highest BCUT2D eigenvalue weighted by Crippen LogP contribution is 2.26. The van der Waals surface area contributed by atoms with Crippen LogP contribution in [0, 0.1) is 21.7 Å². The molecule has 0 fully saturated rings. The number of hydrogen-bond acceptors (Lipinski definition) is 4. The lowest BCUT2D eigenvalue weighted by molar-refractivity contribution is -0.387. The van der Waals surface area contributed by atoms with Crippen LogP contribution in [0.5, 0.6) is 0 Å². The maximum Gasteiger partial charge on any atom is 0.305 e. The van der Waals surface area contributed by atoms with Gasteiger partial charge in [-0.25, -0.2) is 4.39 Å². The first-order valence-corrected chi connectivity index (χ1v) is 3.97. The number of nitrogens with zero attached hydrogens (tertiary/aromatic N) is 1. The molecule has 0 aliphatic heterocycles. The summed E-state index contributed by atoms with van der Waals surface area (Å²) in [4.78, 5) is 9.35. The normalized spacial score (nSPS) is 12.5. The van der Waals surface area contributed by atoms with Crippen molar-refractivity contribution in [2.24, 2.45) is 5.73 Å². The van der Waals surface area contributed by atoms with Crippen LogP contribution in [-0.2, 0) is 0 Å². The van der Waals surface area contributed by atoms with Crippen molar-refractivity contribution in [2.75, 3.05) is 6.61 Å². The highest BCUT2D eigenvalue weighted by Gasteiger charge is 2.24. The highest BCUT2D eigenvalue weighted by molar-refractivity contribution is 5.39. The predicted octanol–water partition coefficient (Wildman–Crippen LogP) is 0.865. The molecule has 0 aliphatic rings. The summed E-state index contributed by atoms with van der Waals surface area (Å²) in [6.07, 6.45) is 0. The molecule has 0 heterocycles. The van der Waals surface area contributed by atoms with Crippen LogP contribution in [0.25, 0.3) is 0 Å². The van der Waals surface area contributed by atoms with Gasteiger partial charge in [0.15, 0.2) is 0 Å². The fourth-order valence-electron chi connectivity index (χ4n) is 1.13. The SMILES string of the molecule is NC(CO)c1c(F)ccc([N+](=O)[O-])c1F. The number of nitrogens with two attached hydrogens (primary N) is 1. The third-order valence-electron chi connectivity index (χ3n) is 1.87. The zero-order valence-electron chi connectivity index (χ0n) is 7.48. The summed E-state index contributed by atoms with van der Waals surface area (Å²) < 4.78 is 26.4. The van der Waals surface area contributed by atoms with Crippen molar-refractivity contribution in [3.05, 3.63) is 39.4 Å². The average Bonchev–Trinajstić information content (AvgIpc) is 2.16. The van der Waals surface area contributed by atoms with Crippen molar-refractivity contribution < 1.29 is 18.8 Å². The second-order valence-electron chi connectivity index (χ2n) is 2.84. The maximum absolute atomic E-state index is 13.3. The minimum absolute atomic E-state index is 0.674. The van der Waals surface area contributed by atoms with Crippen LogP contribution in [0.3, 0.4) is 0 Å². The molecule has 1 atom stereocenters. The monoisotopic (exact) mass is 218 g/mol. The van der Waals surface area contributed by atoms with Gasteiger partial charge in [-0.15, -0.1) is 0 Å². The number of benzene rings is 1. The van der Waals surface area contributed by atoms with Crippen molar-refractivity contribution >= 4 is 5.69 Å². The zero-order chi connectivity index (χ0) is 11.6. The van der Waals surface area contributed by atoms with Crippen molar-refractivity contribution in [3.8, 4) is 0 Å². The molecule has 3 N–H and O–H groups in total. The number of aliphatic hydroxyl groups excluding tert-OH is 1. The van der Waals surface area contributed by atoms with Gasteiger partial charge in [0.2, 0.25) is 5.82 Å². The molecule has 0 bridgehead atoms. The summed E-state index contributed by atoms with van der Waals surface area (Å²) in [6, 6.07) is 0.134. The van der Waals surface area contributed by atoms with Crippen LogP contribution in [0.2, 0.25) is 0 Å². The molecule has 0 amide bonds. The Balaban J connectivity index is 3.36. The lowest BCUT2D eigenvalue weighted by atomic mass is 10.1. The zero-order valence-corrected chi connectivity index (χ0v) is 7.48. The molecule has 7 heteroatoms. The van der Waals surface area contributed by atoms with E-state index in [2.05, 4.69) is 0 Å². The lowest BCUT2D eigenvalue weighted by Crippen LogP contribution is -2.18. The van der Waals surface area contributed by atoms with Crippen molar-refractivity contribution in [2.45, 2.75) is 6.04 Å². The number of aliphatic hydroxyl groups is 1. The molecule has 0 spiro atoms. The molecule has 0 saturated carbocycles. The first kappa shape index (κ1) is 11.5. The van der Waals surface area contributed by atoms with Crippen LogP contribution in [0.4, 0.5) is 14.5 Å². The summed E-state index contributed by atoms with van der Waals surface area (Å²) in [5.41, 5.74) is 3.67. The average molecular weight is 218 g/mol. The van der Waals surface area contributed by atoms with E-state index >= 15 is 0 Å². The summed E-state index contributed by atoms with van der Waals surface area (Å²) in [5, 5.41) is 19.0. The molecule has 1 unspecified atom stereocenters. The van der Waals surface area contributed by atoms with Gasteiger partial charge in [0.1, 0.15) is 5.82 Å². The second kappa shape index (κ2) is 4.28. The minimum atomic E-state index is -1.35. The van der Waals surface area contributed by atoms with Gasteiger partial charge in [0, 0.05) is 11.6 Å². The minimum Gasteiger partial charge on any atom is -0.394 e. The first-order valence-electron chi connectivity index (χ1n) is 3.97. The Labute approximate surface area is 83.3 Å². The Kier molecular flexibility index (Phi) is 3.28. The Morgan fingerprint density at radius 3 is 2.60 bits per heavy atom. The predicted molar refractivity (Wildman–Crippen MR) is 47.0 cm³/mol. The number of hydrogen-bond donors (Lipinski definition) is 2. The molecule has 5 nitrogen and oxygen atoms in total. The largest absolute Gasteiger partial charge is 0.394 e. The highest BCUT2D eigenvalue weighted by atomic mass is 19.1. The number of nitro groups is 1. The fraction of sp³-hybridized carbons (Fsp3) is 0.250. The fourth-order valence-corrected chi connectivity index (χ4v) is 1.13. The van der Waals surface area contributed by atoms with E-state index in [1.165, 1.54) is 0 Å².